The van der Waals surface area contributed by atoms with Crippen LogP contribution in [0.5, 0.6) is 0 Å². The van der Waals surface area contributed by atoms with E-state index in [1.165, 1.54) is 105 Å². The molecule has 19 aromatic rings. The quantitative estimate of drug-likeness (QED) is 0.126. The van der Waals surface area contributed by atoms with Gasteiger partial charge in [0.1, 0.15) is 5.69 Å². The lowest BCUT2D eigenvalue weighted by Gasteiger charge is -2.21. The van der Waals surface area contributed by atoms with Gasteiger partial charge in [0.15, 0.2) is 0 Å². The van der Waals surface area contributed by atoms with Gasteiger partial charge in [-0.3, -0.25) is 15.0 Å². The summed E-state index contributed by atoms with van der Waals surface area (Å²) in [6.07, 6.45) is 7.36. The number of nitrogens with zero attached hydrogens (tertiary/aromatic N) is 7. The zero-order valence-electron chi connectivity index (χ0n) is 54.9. The van der Waals surface area contributed by atoms with Gasteiger partial charge in [-0.15, -0.1) is 0 Å². The second-order valence-electron chi connectivity index (χ2n) is 26.5. The molecule has 6 aromatic heterocycles. The van der Waals surface area contributed by atoms with Crippen LogP contribution in [0, 0.1) is 0 Å². The van der Waals surface area contributed by atoms with Crippen molar-refractivity contribution in [1.29, 1.82) is 0 Å². The van der Waals surface area contributed by atoms with E-state index in [2.05, 4.69) is 296 Å². The lowest BCUT2D eigenvalue weighted by Crippen LogP contribution is -1.95. The number of benzene rings is 13. The molecule has 470 valence electrons. The van der Waals surface area contributed by atoms with E-state index in [0.717, 1.165) is 117 Å². The Morgan fingerprint density at radius 2 is 0.588 bits per heavy atom. The summed E-state index contributed by atoms with van der Waals surface area (Å²) in [5.41, 5.74) is 31.5. The van der Waals surface area contributed by atoms with Gasteiger partial charge in [0.2, 0.25) is 0 Å². The molecule has 0 radical (unpaired) electrons. The van der Waals surface area contributed by atoms with Gasteiger partial charge < -0.3 is 0 Å². The first-order chi connectivity index (χ1) is 50.6. The first-order valence-corrected chi connectivity index (χ1v) is 34.6. The highest BCUT2D eigenvalue weighted by Crippen LogP contribution is 2.61. The molecule has 0 aliphatic heterocycles. The maximum absolute atomic E-state index is 5.48. The van der Waals surface area contributed by atoms with Gasteiger partial charge in [-0.25, -0.2) is 19.9 Å². The third-order valence-corrected chi connectivity index (χ3v) is 20.9. The van der Waals surface area contributed by atoms with Crippen LogP contribution in [0.3, 0.4) is 0 Å². The van der Waals surface area contributed by atoms with Crippen LogP contribution in [0.15, 0.2) is 334 Å². The molecule has 0 bridgehead atoms. The standard InChI is InChI=1S/C95H55N7/c1-5-20-56(21-6-1)84-68-28-13-14-29-69(68)85(57-22-7-2-8-23-57)92-73-45-43-64(66-30-17-32-71(88(66)73)90(84)92)76-35-19-36-78(99-76)79-47-40-60-37-38-61-41-48-80(102-95(61)94(60)101-79)81-53-63(49-51-98-81)62-39-42-70-75(52-62)87(59-26-11-4-12-27-59)93-74-46-44-65(82-54-96-55-83(100-82)77-34-15-16-50-97-77)67-31-18-33-72(89(67)74)91(93)86(70)58-24-9-3-10-25-58/h1-55H. The summed E-state index contributed by atoms with van der Waals surface area (Å²) in [7, 11) is 0. The van der Waals surface area contributed by atoms with Gasteiger partial charge in [0.25, 0.3) is 0 Å². The minimum Gasteiger partial charge on any atom is -0.260 e. The van der Waals surface area contributed by atoms with E-state index in [-0.39, 0.29) is 0 Å². The molecule has 13 aromatic carbocycles. The molecule has 0 amide bonds. The lowest BCUT2D eigenvalue weighted by atomic mass is 9.82. The number of aromatic nitrogens is 7. The maximum atomic E-state index is 5.48. The van der Waals surface area contributed by atoms with E-state index in [1.807, 2.05) is 30.6 Å². The van der Waals surface area contributed by atoms with E-state index < -0.39 is 0 Å². The molecule has 0 atom stereocenters. The zero-order chi connectivity index (χ0) is 66.9. The predicted octanol–water partition coefficient (Wildman–Crippen LogP) is 24.3. The van der Waals surface area contributed by atoms with Crippen molar-refractivity contribution in [1.82, 2.24) is 34.9 Å². The Morgan fingerprint density at radius 3 is 1.15 bits per heavy atom. The number of fused-ring (bicyclic) bond motifs is 11. The van der Waals surface area contributed by atoms with Crippen molar-refractivity contribution in [3.05, 3.63) is 334 Å². The van der Waals surface area contributed by atoms with Gasteiger partial charge in [-0.05, 0) is 198 Å². The summed E-state index contributed by atoms with van der Waals surface area (Å²) in [4.78, 5) is 35.9. The highest BCUT2D eigenvalue weighted by atomic mass is 14.8. The summed E-state index contributed by atoms with van der Waals surface area (Å²) in [6, 6.07) is 111. The molecule has 21 rings (SSSR count). The number of rotatable bonds is 10. The van der Waals surface area contributed by atoms with Crippen molar-refractivity contribution in [2.24, 2.45) is 0 Å². The Morgan fingerprint density at radius 1 is 0.186 bits per heavy atom. The van der Waals surface area contributed by atoms with Crippen molar-refractivity contribution in [3.8, 4) is 157 Å². The summed E-state index contributed by atoms with van der Waals surface area (Å²) in [6.45, 7) is 0. The third kappa shape index (κ3) is 8.91. The molecule has 7 heteroatoms. The van der Waals surface area contributed by atoms with E-state index in [1.54, 1.807) is 12.4 Å². The SMILES string of the molecule is c1ccc(-c2c3c(c(-c4ccccc4)c4cc(-c5ccnc(-c6ccc7ccc8ccc(-c9cccc(-c%10ccc%11c%12c(cccc%10%12)-c%10c-%11c(-c%11ccccc%11)c%11ccccc%11c%10-c%10ccccc%10)n9)nc8c7n6)c5)ccc24)-c2ccc(-c4cncc(-c5ccccn5)n4)c4cccc-3c24)cc1. The summed E-state index contributed by atoms with van der Waals surface area (Å²) < 4.78 is 0. The first-order valence-electron chi connectivity index (χ1n) is 34.6. The average molecular weight is 1290 g/mol. The molecule has 0 saturated heterocycles. The molecule has 2 aliphatic carbocycles. The fourth-order valence-corrected chi connectivity index (χ4v) is 16.6. The van der Waals surface area contributed by atoms with Crippen molar-refractivity contribution < 1.29 is 0 Å². The van der Waals surface area contributed by atoms with Gasteiger partial charge in [0.05, 0.1) is 63.3 Å². The number of hydrogen-bond acceptors (Lipinski definition) is 7. The Labute approximate surface area is 587 Å². The van der Waals surface area contributed by atoms with E-state index in [0.29, 0.717) is 0 Å². The second-order valence-corrected chi connectivity index (χ2v) is 26.5. The van der Waals surface area contributed by atoms with Crippen LogP contribution >= 0.6 is 0 Å². The highest BCUT2D eigenvalue weighted by molar-refractivity contribution is 6.31. The first kappa shape index (κ1) is 57.3. The van der Waals surface area contributed by atoms with Crippen LogP contribution in [0.2, 0.25) is 0 Å². The largest absolute Gasteiger partial charge is 0.260 e. The smallest absolute Gasteiger partial charge is 0.108 e. The lowest BCUT2D eigenvalue weighted by molar-refractivity contribution is 1.18. The minimum atomic E-state index is 0.731. The fourth-order valence-electron chi connectivity index (χ4n) is 16.6. The minimum absolute atomic E-state index is 0.731. The van der Waals surface area contributed by atoms with Crippen molar-refractivity contribution in [2.75, 3.05) is 0 Å². The molecule has 2 aliphatic rings. The highest BCUT2D eigenvalue weighted by Gasteiger charge is 2.34. The molecule has 6 heterocycles. The van der Waals surface area contributed by atoms with Crippen LogP contribution < -0.4 is 0 Å². The van der Waals surface area contributed by atoms with Gasteiger partial charge >= 0.3 is 0 Å². The molecule has 0 unspecified atom stereocenters. The Kier molecular flexibility index (Phi) is 12.9. The van der Waals surface area contributed by atoms with Crippen molar-refractivity contribution in [3.63, 3.8) is 0 Å². The Hall–Kier alpha value is -13.8. The third-order valence-electron chi connectivity index (χ3n) is 20.9. The molecule has 0 spiro atoms. The van der Waals surface area contributed by atoms with Crippen LogP contribution in [0.25, 0.3) is 222 Å². The molecular weight excluding hydrogens is 1240 g/mol. The van der Waals surface area contributed by atoms with Gasteiger partial charge in [-0.1, -0.05) is 255 Å². The predicted molar refractivity (Wildman–Crippen MR) is 419 cm³/mol. The normalized spacial score (nSPS) is 11.9. The van der Waals surface area contributed by atoms with Crippen LogP contribution in [0.4, 0.5) is 0 Å². The van der Waals surface area contributed by atoms with E-state index in [9.17, 15) is 0 Å². The van der Waals surface area contributed by atoms with Gasteiger partial charge in [-0.2, -0.15) is 0 Å². The molecular formula is C95H55N7. The molecule has 0 saturated carbocycles. The van der Waals surface area contributed by atoms with E-state index >= 15 is 0 Å². The van der Waals surface area contributed by atoms with Crippen molar-refractivity contribution in [2.45, 2.75) is 0 Å². The van der Waals surface area contributed by atoms with E-state index in [4.69, 9.17) is 29.9 Å². The van der Waals surface area contributed by atoms with Crippen molar-refractivity contribution >= 4 is 64.9 Å². The summed E-state index contributed by atoms with van der Waals surface area (Å²) in [5, 5.41) is 11.5. The number of pyridine rings is 5. The topological polar surface area (TPSA) is 90.2 Å². The molecule has 0 fully saturated rings. The maximum Gasteiger partial charge on any atom is 0.108 e. The number of hydrogen-bond donors (Lipinski definition) is 0. The van der Waals surface area contributed by atoms with Gasteiger partial charge in [0, 0.05) is 34.3 Å². The fraction of sp³-hybridized carbons (Fsp3) is 0. The zero-order valence-corrected chi connectivity index (χ0v) is 54.9. The summed E-state index contributed by atoms with van der Waals surface area (Å²) in [5.74, 6) is 0. The summed E-state index contributed by atoms with van der Waals surface area (Å²) >= 11 is 0. The molecule has 7 nitrogen and oxygen atoms in total. The molecule has 0 N–H and O–H groups in total. The van der Waals surface area contributed by atoms with Crippen LogP contribution in [0.1, 0.15) is 0 Å². The second kappa shape index (κ2) is 22.9. The van der Waals surface area contributed by atoms with Crippen LogP contribution in [-0.4, -0.2) is 34.9 Å². The Bertz CT molecular complexity index is 6630. The average Bonchev–Trinajstić information content (AvgIpc) is 1.53. The monoisotopic (exact) mass is 1290 g/mol. The van der Waals surface area contributed by atoms with Crippen LogP contribution in [-0.2, 0) is 0 Å². The Balaban J connectivity index is 0.668. The molecule has 102 heavy (non-hydrogen) atoms.